The number of halogens is 3. The molecule has 0 atom stereocenters. The molecule has 0 radical (unpaired) electrons. The van der Waals surface area contributed by atoms with Crippen molar-refractivity contribution < 1.29 is 18.3 Å². The lowest BCUT2D eigenvalue weighted by Crippen LogP contribution is -1.79. The third-order valence-corrected chi connectivity index (χ3v) is 1.31. The number of phenols is 1. The normalized spacial score (nSPS) is 9.58. The van der Waals surface area contributed by atoms with E-state index >= 15 is 0 Å². The highest BCUT2D eigenvalue weighted by Gasteiger charge is 2.11. The van der Waals surface area contributed by atoms with Crippen LogP contribution < -0.4 is 0 Å². The van der Waals surface area contributed by atoms with Crippen LogP contribution in [-0.2, 0) is 0 Å². The van der Waals surface area contributed by atoms with Gasteiger partial charge in [-0.15, -0.1) is 0 Å². The average molecular weight is 174 g/mol. The Kier molecular flexibility index (Phi) is 2.38. The van der Waals surface area contributed by atoms with Gasteiger partial charge in [-0.1, -0.05) is 12.1 Å². The number of hydrogen-bond donors (Lipinski definition) is 1. The van der Waals surface area contributed by atoms with Crippen molar-refractivity contribution in [3.63, 3.8) is 0 Å². The molecule has 1 aromatic carbocycles. The van der Waals surface area contributed by atoms with Crippen LogP contribution >= 0.6 is 0 Å². The minimum Gasteiger partial charge on any atom is -0.507 e. The molecule has 1 aromatic rings. The molecule has 0 amide bonds. The van der Waals surface area contributed by atoms with E-state index in [-0.39, 0.29) is 0 Å². The van der Waals surface area contributed by atoms with Gasteiger partial charge in [0.05, 0.1) is 5.56 Å². The van der Waals surface area contributed by atoms with Gasteiger partial charge in [-0.2, -0.15) is 8.78 Å². The lowest BCUT2D eigenvalue weighted by Gasteiger charge is -1.98. The van der Waals surface area contributed by atoms with Crippen molar-refractivity contribution >= 4 is 5.83 Å². The molecule has 0 fully saturated rings. The molecule has 0 aliphatic heterocycles. The van der Waals surface area contributed by atoms with Gasteiger partial charge in [0.2, 0.25) is 0 Å². The first kappa shape index (κ1) is 8.64. The summed E-state index contributed by atoms with van der Waals surface area (Å²) in [5, 5.41) is 8.92. The maximum Gasteiger partial charge on any atom is 0.306 e. The molecule has 0 aliphatic rings. The van der Waals surface area contributed by atoms with E-state index in [0.717, 1.165) is 12.1 Å². The second kappa shape index (κ2) is 3.30. The predicted octanol–water partition coefficient (Wildman–Crippen LogP) is 2.93. The molecule has 1 rings (SSSR count). The third kappa shape index (κ3) is 1.58. The summed E-state index contributed by atoms with van der Waals surface area (Å²) >= 11 is 0. The molecular formula is C8H5F3O. The van der Waals surface area contributed by atoms with Gasteiger partial charge in [-0.25, -0.2) is 4.39 Å². The Morgan fingerprint density at radius 2 is 1.67 bits per heavy atom. The van der Waals surface area contributed by atoms with Gasteiger partial charge in [0, 0.05) is 0 Å². The van der Waals surface area contributed by atoms with Crippen molar-refractivity contribution in [3.05, 3.63) is 35.9 Å². The molecule has 0 aliphatic carbocycles. The number of phenolic OH excluding ortho intramolecular Hbond substituents is 1. The van der Waals surface area contributed by atoms with Crippen molar-refractivity contribution in [1.82, 2.24) is 0 Å². The number of aromatic hydroxyl groups is 1. The summed E-state index contributed by atoms with van der Waals surface area (Å²) in [6.07, 6.45) is -2.43. The van der Waals surface area contributed by atoms with E-state index in [4.69, 9.17) is 5.11 Å². The lowest BCUT2D eigenvalue weighted by molar-refractivity contribution is 0.407. The molecule has 64 valence electrons. The van der Waals surface area contributed by atoms with Crippen LogP contribution in [0.5, 0.6) is 5.75 Å². The Balaban J connectivity index is 3.21. The molecule has 0 unspecified atom stereocenters. The maximum absolute atomic E-state index is 12.5. The largest absolute Gasteiger partial charge is 0.507 e. The first-order valence-electron chi connectivity index (χ1n) is 3.12. The van der Waals surface area contributed by atoms with Crippen LogP contribution in [0.1, 0.15) is 5.56 Å². The number of hydrogen-bond acceptors (Lipinski definition) is 1. The molecule has 0 bridgehead atoms. The van der Waals surface area contributed by atoms with Crippen molar-refractivity contribution in [2.24, 2.45) is 0 Å². The standard InChI is InChI=1S/C8H5F3O/c9-7(8(10)11)5-3-1-2-4-6(5)12/h1-4,12H. The van der Waals surface area contributed by atoms with Gasteiger partial charge >= 0.3 is 6.08 Å². The molecule has 4 heteroatoms. The molecule has 0 aromatic heterocycles. The molecule has 0 saturated carbocycles. The van der Waals surface area contributed by atoms with Gasteiger partial charge in [0.15, 0.2) is 5.83 Å². The van der Waals surface area contributed by atoms with Gasteiger partial charge < -0.3 is 5.11 Å². The number of rotatable bonds is 1. The Labute approximate surface area is 66.8 Å². The smallest absolute Gasteiger partial charge is 0.306 e. The fourth-order valence-corrected chi connectivity index (χ4v) is 0.761. The van der Waals surface area contributed by atoms with Gasteiger partial charge in [-0.05, 0) is 12.1 Å². The summed E-state index contributed by atoms with van der Waals surface area (Å²) in [7, 11) is 0. The monoisotopic (exact) mass is 174 g/mol. The summed E-state index contributed by atoms with van der Waals surface area (Å²) in [4.78, 5) is 0. The van der Waals surface area contributed by atoms with Crippen LogP contribution in [0.2, 0.25) is 0 Å². The summed E-state index contributed by atoms with van der Waals surface area (Å²) in [6, 6.07) is 4.99. The molecule has 0 saturated heterocycles. The molecule has 12 heavy (non-hydrogen) atoms. The fourth-order valence-electron chi connectivity index (χ4n) is 0.761. The SMILES string of the molecule is Oc1ccccc1C(F)=C(F)F. The van der Waals surface area contributed by atoms with E-state index in [1.54, 1.807) is 0 Å². The maximum atomic E-state index is 12.5. The highest BCUT2D eigenvalue weighted by Crippen LogP contribution is 2.28. The Morgan fingerprint density at radius 3 is 2.17 bits per heavy atom. The second-order valence-electron chi connectivity index (χ2n) is 2.09. The number of para-hydroxylation sites is 1. The summed E-state index contributed by atoms with van der Waals surface area (Å²) in [5.74, 6) is -2.18. The minimum atomic E-state index is -2.43. The highest BCUT2D eigenvalue weighted by atomic mass is 19.3. The topological polar surface area (TPSA) is 20.2 Å². The minimum absolute atomic E-state index is 0.488. The molecule has 0 spiro atoms. The second-order valence-corrected chi connectivity index (χ2v) is 2.09. The van der Waals surface area contributed by atoms with Crippen LogP contribution in [0.3, 0.4) is 0 Å². The zero-order chi connectivity index (χ0) is 9.14. The highest BCUT2D eigenvalue weighted by molar-refractivity contribution is 5.64. The first-order chi connectivity index (χ1) is 5.63. The van der Waals surface area contributed by atoms with Gasteiger partial charge in [-0.3, -0.25) is 0 Å². The Morgan fingerprint density at radius 1 is 1.08 bits per heavy atom. The van der Waals surface area contributed by atoms with E-state index in [1.165, 1.54) is 12.1 Å². The van der Waals surface area contributed by atoms with E-state index in [1.807, 2.05) is 0 Å². The van der Waals surface area contributed by atoms with Gasteiger partial charge in [0.1, 0.15) is 5.75 Å². The van der Waals surface area contributed by atoms with Gasteiger partial charge in [0.25, 0.3) is 0 Å². The molecule has 1 N–H and O–H groups in total. The average Bonchev–Trinajstić information content (AvgIpc) is 2.04. The Hall–Kier alpha value is -1.45. The van der Waals surface area contributed by atoms with Crippen LogP contribution in [0.25, 0.3) is 5.83 Å². The van der Waals surface area contributed by atoms with Crippen molar-refractivity contribution in [2.45, 2.75) is 0 Å². The van der Waals surface area contributed by atoms with E-state index < -0.39 is 23.2 Å². The van der Waals surface area contributed by atoms with Crippen LogP contribution in [0.4, 0.5) is 13.2 Å². The molecule has 1 nitrogen and oxygen atoms in total. The van der Waals surface area contributed by atoms with Crippen LogP contribution in [0.15, 0.2) is 30.3 Å². The summed E-state index contributed by atoms with van der Waals surface area (Å²) in [6.45, 7) is 0. The summed E-state index contributed by atoms with van der Waals surface area (Å²) < 4.78 is 35.9. The lowest BCUT2D eigenvalue weighted by atomic mass is 10.2. The predicted molar refractivity (Wildman–Crippen MR) is 38.4 cm³/mol. The van der Waals surface area contributed by atoms with Crippen molar-refractivity contribution in [2.75, 3.05) is 0 Å². The molecular weight excluding hydrogens is 169 g/mol. The van der Waals surface area contributed by atoms with Crippen molar-refractivity contribution in [1.29, 1.82) is 0 Å². The van der Waals surface area contributed by atoms with E-state index in [0.29, 0.717) is 0 Å². The van der Waals surface area contributed by atoms with E-state index in [9.17, 15) is 13.2 Å². The number of benzene rings is 1. The molecule has 0 heterocycles. The van der Waals surface area contributed by atoms with Crippen molar-refractivity contribution in [3.8, 4) is 5.75 Å². The third-order valence-electron chi connectivity index (χ3n) is 1.31. The zero-order valence-corrected chi connectivity index (χ0v) is 5.89. The van der Waals surface area contributed by atoms with Crippen LogP contribution in [0, 0.1) is 0 Å². The fraction of sp³-hybridized carbons (Fsp3) is 0. The Bertz CT molecular complexity index is 316. The first-order valence-corrected chi connectivity index (χ1v) is 3.12. The zero-order valence-electron chi connectivity index (χ0n) is 5.89. The quantitative estimate of drug-likeness (QED) is 0.693. The summed E-state index contributed by atoms with van der Waals surface area (Å²) in [5.41, 5.74) is -0.488. The van der Waals surface area contributed by atoms with Crippen LogP contribution in [-0.4, -0.2) is 5.11 Å². The van der Waals surface area contributed by atoms with E-state index in [2.05, 4.69) is 0 Å².